The molecule has 0 radical (unpaired) electrons. The lowest BCUT2D eigenvalue weighted by atomic mass is 10.2. The van der Waals surface area contributed by atoms with Gasteiger partial charge in [0, 0.05) is 23.7 Å². The summed E-state index contributed by atoms with van der Waals surface area (Å²) in [6.45, 7) is 0. The van der Waals surface area contributed by atoms with Crippen LogP contribution in [0.25, 0.3) is 10.9 Å². The number of aromatic nitrogens is 3. The smallest absolute Gasteiger partial charge is 0.238 e. The van der Waals surface area contributed by atoms with Gasteiger partial charge in [0.2, 0.25) is 5.88 Å². The minimum absolute atomic E-state index is 0.340. The summed E-state index contributed by atoms with van der Waals surface area (Å²) in [5, 5.41) is 8.95. The van der Waals surface area contributed by atoms with Gasteiger partial charge in [-0.3, -0.25) is 4.98 Å². The Morgan fingerprint density at radius 1 is 1.05 bits per heavy atom. The zero-order chi connectivity index (χ0) is 13.1. The zero-order valence-corrected chi connectivity index (χ0v) is 10.7. The Labute approximate surface area is 115 Å². The number of hydrogen-bond donors (Lipinski definition) is 0. The molecule has 0 aliphatic rings. The van der Waals surface area contributed by atoms with Crippen molar-refractivity contribution in [2.45, 2.75) is 5.88 Å². The number of pyridine rings is 1. The quantitative estimate of drug-likeness (QED) is 0.684. The van der Waals surface area contributed by atoms with E-state index in [1.54, 1.807) is 18.3 Å². The van der Waals surface area contributed by atoms with Crippen molar-refractivity contribution >= 4 is 22.5 Å². The third-order valence-corrected chi connectivity index (χ3v) is 2.91. The first kappa shape index (κ1) is 11.9. The van der Waals surface area contributed by atoms with Gasteiger partial charge in [-0.2, -0.15) is 5.10 Å². The minimum Gasteiger partial charge on any atom is -0.437 e. The van der Waals surface area contributed by atoms with Gasteiger partial charge in [-0.1, -0.05) is 6.07 Å². The van der Waals surface area contributed by atoms with E-state index in [1.807, 2.05) is 30.3 Å². The van der Waals surface area contributed by atoms with E-state index in [0.29, 0.717) is 23.2 Å². The fourth-order valence-corrected chi connectivity index (χ4v) is 1.85. The highest BCUT2D eigenvalue weighted by Gasteiger charge is 2.02. The second-order valence-electron chi connectivity index (χ2n) is 3.96. The average molecular weight is 272 g/mol. The van der Waals surface area contributed by atoms with Gasteiger partial charge in [-0.15, -0.1) is 16.7 Å². The van der Waals surface area contributed by atoms with Gasteiger partial charge >= 0.3 is 0 Å². The van der Waals surface area contributed by atoms with E-state index < -0.39 is 0 Å². The first-order valence-electron chi connectivity index (χ1n) is 5.76. The molecule has 0 spiro atoms. The average Bonchev–Trinajstić information content (AvgIpc) is 2.48. The molecule has 0 aliphatic heterocycles. The van der Waals surface area contributed by atoms with Crippen molar-refractivity contribution < 1.29 is 4.74 Å². The van der Waals surface area contributed by atoms with Crippen LogP contribution in [0.5, 0.6) is 11.6 Å². The van der Waals surface area contributed by atoms with Crippen LogP contribution in [0, 0.1) is 0 Å². The molecule has 3 rings (SSSR count). The molecule has 0 N–H and O–H groups in total. The summed E-state index contributed by atoms with van der Waals surface area (Å²) in [5.41, 5.74) is 1.60. The van der Waals surface area contributed by atoms with Crippen molar-refractivity contribution in [1.82, 2.24) is 15.2 Å². The van der Waals surface area contributed by atoms with Gasteiger partial charge in [0.05, 0.1) is 17.1 Å². The fraction of sp³-hybridized carbons (Fsp3) is 0.0714. The van der Waals surface area contributed by atoms with Gasteiger partial charge in [-0.25, -0.2) is 0 Å². The predicted octanol–water partition coefficient (Wildman–Crippen LogP) is 3.56. The third kappa shape index (κ3) is 2.63. The van der Waals surface area contributed by atoms with Crippen LogP contribution in [0.1, 0.15) is 5.69 Å². The molecule has 4 nitrogen and oxygen atoms in total. The molecule has 0 saturated carbocycles. The SMILES string of the molecule is ClCc1ccc(Oc2ccc3cccnc3c2)nn1. The Morgan fingerprint density at radius 2 is 2.00 bits per heavy atom. The van der Waals surface area contributed by atoms with Crippen LogP contribution < -0.4 is 4.74 Å². The van der Waals surface area contributed by atoms with Gasteiger partial charge in [0.15, 0.2) is 0 Å². The summed E-state index contributed by atoms with van der Waals surface area (Å²) in [5.74, 6) is 1.45. The van der Waals surface area contributed by atoms with Crippen LogP contribution in [0.2, 0.25) is 0 Å². The van der Waals surface area contributed by atoms with Crippen LogP contribution in [0.3, 0.4) is 0 Å². The second kappa shape index (κ2) is 5.20. The molecule has 0 saturated heterocycles. The summed E-state index contributed by atoms with van der Waals surface area (Å²) >= 11 is 5.65. The molecule has 2 aromatic heterocycles. The van der Waals surface area contributed by atoms with Crippen LogP contribution in [-0.2, 0) is 5.88 Å². The van der Waals surface area contributed by atoms with Crippen LogP contribution in [0.15, 0.2) is 48.7 Å². The lowest BCUT2D eigenvalue weighted by Gasteiger charge is -2.05. The highest BCUT2D eigenvalue weighted by atomic mass is 35.5. The first-order chi connectivity index (χ1) is 9.35. The molecule has 0 atom stereocenters. The minimum atomic E-state index is 0.340. The molecule has 94 valence electrons. The summed E-state index contributed by atoms with van der Waals surface area (Å²) in [7, 11) is 0. The number of hydrogen-bond acceptors (Lipinski definition) is 4. The number of alkyl halides is 1. The molecule has 0 fully saturated rings. The van der Waals surface area contributed by atoms with Crippen molar-refractivity contribution in [3.05, 3.63) is 54.4 Å². The van der Waals surface area contributed by atoms with Gasteiger partial charge < -0.3 is 4.74 Å². The highest BCUT2D eigenvalue weighted by molar-refractivity contribution is 6.16. The molecule has 5 heteroatoms. The normalized spacial score (nSPS) is 10.6. The molecule has 2 heterocycles. The summed E-state index contributed by atoms with van der Waals surface area (Å²) in [4.78, 5) is 4.28. The number of rotatable bonds is 3. The fourth-order valence-electron chi connectivity index (χ4n) is 1.70. The van der Waals surface area contributed by atoms with E-state index in [0.717, 1.165) is 10.9 Å². The van der Waals surface area contributed by atoms with Crippen LogP contribution in [-0.4, -0.2) is 15.2 Å². The largest absolute Gasteiger partial charge is 0.437 e. The lowest BCUT2D eigenvalue weighted by Crippen LogP contribution is -1.93. The van der Waals surface area contributed by atoms with Crippen molar-refractivity contribution in [2.75, 3.05) is 0 Å². The van der Waals surface area contributed by atoms with E-state index in [1.165, 1.54) is 0 Å². The number of ether oxygens (including phenoxy) is 1. The Kier molecular flexibility index (Phi) is 3.25. The van der Waals surface area contributed by atoms with Crippen molar-refractivity contribution in [3.63, 3.8) is 0 Å². The summed E-state index contributed by atoms with van der Waals surface area (Å²) < 4.78 is 5.63. The maximum atomic E-state index is 5.65. The van der Waals surface area contributed by atoms with Gasteiger partial charge in [-0.05, 0) is 24.3 Å². The van der Waals surface area contributed by atoms with Gasteiger partial charge in [0.25, 0.3) is 0 Å². The molecule has 3 aromatic rings. The van der Waals surface area contributed by atoms with Crippen molar-refractivity contribution in [3.8, 4) is 11.6 Å². The highest BCUT2D eigenvalue weighted by Crippen LogP contribution is 2.23. The first-order valence-corrected chi connectivity index (χ1v) is 6.30. The maximum absolute atomic E-state index is 5.65. The molecule has 0 bridgehead atoms. The Hall–Kier alpha value is -2.20. The van der Waals surface area contributed by atoms with E-state index in [4.69, 9.17) is 16.3 Å². The molecule has 1 aromatic carbocycles. The second-order valence-corrected chi connectivity index (χ2v) is 4.22. The van der Waals surface area contributed by atoms with E-state index in [-0.39, 0.29) is 0 Å². The molecular formula is C14H10ClN3O. The monoisotopic (exact) mass is 271 g/mol. The molecule has 0 aliphatic carbocycles. The number of benzene rings is 1. The van der Waals surface area contributed by atoms with Gasteiger partial charge in [0.1, 0.15) is 5.75 Å². The van der Waals surface area contributed by atoms with E-state index in [2.05, 4.69) is 15.2 Å². The summed E-state index contributed by atoms with van der Waals surface area (Å²) in [6.07, 6.45) is 1.75. The molecule has 0 amide bonds. The predicted molar refractivity (Wildman–Crippen MR) is 73.4 cm³/mol. The molecular weight excluding hydrogens is 262 g/mol. The lowest BCUT2D eigenvalue weighted by molar-refractivity contribution is 0.455. The Bertz CT molecular complexity index is 700. The number of fused-ring (bicyclic) bond motifs is 1. The van der Waals surface area contributed by atoms with E-state index in [9.17, 15) is 0 Å². The number of nitrogens with zero attached hydrogens (tertiary/aromatic N) is 3. The molecule has 19 heavy (non-hydrogen) atoms. The van der Waals surface area contributed by atoms with Crippen LogP contribution >= 0.6 is 11.6 Å². The van der Waals surface area contributed by atoms with Crippen molar-refractivity contribution in [2.24, 2.45) is 0 Å². The van der Waals surface area contributed by atoms with Crippen molar-refractivity contribution in [1.29, 1.82) is 0 Å². The Balaban J connectivity index is 1.87. The van der Waals surface area contributed by atoms with E-state index >= 15 is 0 Å². The summed E-state index contributed by atoms with van der Waals surface area (Å²) in [6, 6.07) is 13.1. The van der Waals surface area contributed by atoms with Crippen LogP contribution in [0.4, 0.5) is 0 Å². The third-order valence-electron chi connectivity index (χ3n) is 2.63. The number of halogens is 1. The zero-order valence-electron chi connectivity index (χ0n) is 9.95. The Morgan fingerprint density at radius 3 is 2.79 bits per heavy atom. The molecule has 0 unspecified atom stereocenters. The standard InChI is InChI=1S/C14H10ClN3O/c15-9-11-4-6-14(18-17-11)19-12-5-3-10-2-1-7-16-13(10)8-12/h1-8H,9H2. The topological polar surface area (TPSA) is 47.9 Å². The maximum Gasteiger partial charge on any atom is 0.238 e.